The molecule has 2 fully saturated rings. The molecule has 0 radical (unpaired) electrons. The molecule has 1 amide bonds. The van der Waals surface area contributed by atoms with Crippen molar-refractivity contribution < 1.29 is 13.2 Å². The first-order valence-electron chi connectivity index (χ1n) is 11.6. The van der Waals surface area contributed by atoms with Crippen molar-refractivity contribution in [3.8, 4) is 0 Å². The van der Waals surface area contributed by atoms with Crippen molar-refractivity contribution in [3.05, 3.63) is 65.2 Å². The number of carbonyl (C=O) groups is 1. The smallest absolute Gasteiger partial charge is 0.223 e. The molecule has 0 saturated carbocycles. The van der Waals surface area contributed by atoms with Crippen LogP contribution in [0.3, 0.4) is 0 Å². The fourth-order valence-corrected chi connectivity index (χ4v) is 6.08. The number of anilines is 1. The highest BCUT2D eigenvalue weighted by Crippen LogP contribution is 2.23. The molecule has 0 aliphatic carbocycles. The van der Waals surface area contributed by atoms with Gasteiger partial charge in [-0.3, -0.25) is 4.79 Å². The Morgan fingerprint density at radius 2 is 1.50 bits per heavy atom. The van der Waals surface area contributed by atoms with E-state index in [1.165, 1.54) is 22.8 Å². The van der Waals surface area contributed by atoms with Crippen molar-refractivity contribution >= 4 is 21.6 Å². The number of carbonyl (C=O) groups excluding carboxylic acids is 1. The van der Waals surface area contributed by atoms with E-state index in [4.69, 9.17) is 0 Å². The maximum Gasteiger partial charge on any atom is 0.223 e. The van der Waals surface area contributed by atoms with E-state index < -0.39 is 10.0 Å². The molecule has 0 spiro atoms. The van der Waals surface area contributed by atoms with Crippen molar-refractivity contribution in [2.45, 2.75) is 44.9 Å². The first kappa shape index (κ1) is 22.8. The summed E-state index contributed by atoms with van der Waals surface area (Å²) in [5, 5.41) is 3.04. The molecule has 1 N–H and O–H groups in total. The second-order valence-electron chi connectivity index (χ2n) is 8.99. The second-order valence-corrected chi connectivity index (χ2v) is 11.0. The Bertz CT molecular complexity index is 1010. The summed E-state index contributed by atoms with van der Waals surface area (Å²) < 4.78 is 27.1. The Labute approximate surface area is 191 Å². The molecular formula is C25H33N3O3S. The van der Waals surface area contributed by atoms with Gasteiger partial charge in [-0.2, -0.15) is 0 Å². The van der Waals surface area contributed by atoms with Gasteiger partial charge in [0.15, 0.2) is 0 Å². The van der Waals surface area contributed by atoms with Gasteiger partial charge in [-0.15, -0.1) is 0 Å². The lowest BCUT2D eigenvalue weighted by molar-refractivity contribution is -0.126. The van der Waals surface area contributed by atoms with Gasteiger partial charge in [0.25, 0.3) is 0 Å². The summed E-state index contributed by atoms with van der Waals surface area (Å²) in [5.41, 5.74) is 4.24. The van der Waals surface area contributed by atoms with E-state index in [2.05, 4.69) is 34.5 Å². The SMILES string of the molecule is Cc1ccc(CS(=O)(=O)N2CCC(C(=O)NCc3ccc(N4CCCC4)cc3)CC2)cc1. The highest BCUT2D eigenvalue weighted by atomic mass is 32.2. The molecular weight excluding hydrogens is 422 g/mol. The summed E-state index contributed by atoms with van der Waals surface area (Å²) in [6, 6.07) is 16.0. The molecule has 2 heterocycles. The predicted molar refractivity (Wildman–Crippen MR) is 128 cm³/mol. The van der Waals surface area contributed by atoms with Crippen molar-refractivity contribution in [2.75, 3.05) is 31.1 Å². The van der Waals surface area contributed by atoms with Crippen molar-refractivity contribution in [1.29, 1.82) is 0 Å². The van der Waals surface area contributed by atoms with E-state index in [-0.39, 0.29) is 17.6 Å². The maximum atomic E-state index is 12.8. The van der Waals surface area contributed by atoms with E-state index in [0.717, 1.165) is 29.8 Å². The molecule has 2 aromatic rings. The zero-order valence-corrected chi connectivity index (χ0v) is 19.6. The Hall–Kier alpha value is -2.38. The molecule has 0 bridgehead atoms. The maximum absolute atomic E-state index is 12.8. The number of nitrogens with one attached hydrogen (secondary N) is 1. The van der Waals surface area contributed by atoms with Crippen LogP contribution in [0.2, 0.25) is 0 Å². The van der Waals surface area contributed by atoms with Crippen LogP contribution in [-0.4, -0.2) is 44.8 Å². The van der Waals surface area contributed by atoms with Crippen LogP contribution >= 0.6 is 0 Å². The predicted octanol–water partition coefficient (Wildman–Crippen LogP) is 3.45. The van der Waals surface area contributed by atoms with E-state index in [9.17, 15) is 13.2 Å². The summed E-state index contributed by atoms with van der Waals surface area (Å²) in [7, 11) is -3.37. The topological polar surface area (TPSA) is 69.7 Å². The molecule has 7 heteroatoms. The first-order chi connectivity index (χ1) is 15.4. The van der Waals surface area contributed by atoms with Crippen LogP contribution in [0.15, 0.2) is 48.5 Å². The lowest BCUT2D eigenvalue weighted by atomic mass is 9.97. The van der Waals surface area contributed by atoms with Gasteiger partial charge in [0.1, 0.15) is 0 Å². The summed E-state index contributed by atoms with van der Waals surface area (Å²) in [5.74, 6) is -0.105. The number of piperidine rings is 1. The minimum atomic E-state index is -3.37. The molecule has 172 valence electrons. The van der Waals surface area contributed by atoms with E-state index in [1.54, 1.807) is 0 Å². The van der Waals surface area contributed by atoms with E-state index >= 15 is 0 Å². The number of benzene rings is 2. The summed E-state index contributed by atoms with van der Waals surface area (Å²) in [6.45, 7) is 5.53. The average Bonchev–Trinajstić information content (AvgIpc) is 3.34. The normalized spacial score (nSPS) is 18.1. The quantitative estimate of drug-likeness (QED) is 0.694. The van der Waals surface area contributed by atoms with Crippen LogP contribution in [-0.2, 0) is 27.1 Å². The average molecular weight is 456 g/mol. The van der Waals surface area contributed by atoms with Gasteiger partial charge < -0.3 is 10.2 Å². The molecule has 2 saturated heterocycles. The molecule has 6 nitrogen and oxygen atoms in total. The molecule has 0 atom stereocenters. The van der Waals surface area contributed by atoms with Gasteiger partial charge >= 0.3 is 0 Å². The number of sulfonamides is 1. The molecule has 0 aromatic heterocycles. The van der Waals surface area contributed by atoms with Gasteiger partial charge in [-0.1, -0.05) is 42.0 Å². The molecule has 0 unspecified atom stereocenters. The number of hydrogen-bond donors (Lipinski definition) is 1. The number of amides is 1. The number of nitrogens with zero attached hydrogens (tertiary/aromatic N) is 2. The molecule has 2 aromatic carbocycles. The monoisotopic (exact) mass is 455 g/mol. The highest BCUT2D eigenvalue weighted by Gasteiger charge is 2.31. The van der Waals surface area contributed by atoms with Crippen molar-refractivity contribution in [1.82, 2.24) is 9.62 Å². The fourth-order valence-electron chi connectivity index (χ4n) is 4.52. The zero-order valence-electron chi connectivity index (χ0n) is 18.8. The van der Waals surface area contributed by atoms with Crippen LogP contribution in [0.4, 0.5) is 5.69 Å². The standard InChI is InChI=1S/C25H33N3O3S/c1-20-4-6-22(7-5-20)19-32(30,31)28-16-12-23(13-17-28)25(29)26-18-21-8-10-24(11-9-21)27-14-2-3-15-27/h4-11,23H,2-3,12-19H2,1H3,(H,26,29). The van der Waals surface area contributed by atoms with Crippen molar-refractivity contribution in [3.63, 3.8) is 0 Å². The molecule has 2 aliphatic rings. The Kier molecular flexibility index (Phi) is 7.16. The van der Waals surface area contributed by atoms with Crippen LogP contribution in [0.25, 0.3) is 0 Å². The Morgan fingerprint density at radius 1 is 0.906 bits per heavy atom. The third-order valence-corrected chi connectivity index (χ3v) is 8.41. The minimum Gasteiger partial charge on any atom is -0.372 e. The minimum absolute atomic E-state index is 0.0115. The van der Waals surface area contributed by atoms with Crippen molar-refractivity contribution in [2.24, 2.45) is 5.92 Å². The lowest BCUT2D eigenvalue weighted by Crippen LogP contribution is -2.43. The third kappa shape index (κ3) is 5.70. The lowest BCUT2D eigenvalue weighted by Gasteiger charge is -2.30. The summed E-state index contributed by atoms with van der Waals surface area (Å²) in [6.07, 6.45) is 3.63. The van der Waals surface area contributed by atoms with E-state index in [1.807, 2.05) is 31.2 Å². The second kappa shape index (κ2) is 10.0. The highest BCUT2D eigenvalue weighted by molar-refractivity contribution is 7.88. The molecule has 32 heavy (non-hydrogen) atoms. The Balaban J connectivity index is 1.23. The number of rotatable bonds is 7. The van der Waals surface area contributed by atoms with Crippen LogP contribution in [0, 0.1) is 12.8 Å². The summed E-state index contributed by atoms with van der Waals surface area (Å²) in [4.78, 5) is 15.0. The van der Waals surface area contributed by atoms with Gasteiger partial charge in [0.05, 0.1) is 5.75 Å². The summed E-state index contributed by atoms with van der Waals surface area (Å²) >= 11 is 0. The third-order valence-electron chi connectivity index (χ3n) is 6.56. The van der Waals surface area contributed by atoms with Gasteiger partial charge in [0.2, 0.25) is 15.9 Å². The van der Waals surface area contributed by atoms with E-state index in [0.29, 0.717) is 32.5 Å². The van der Waals surface area contributed by atoms with Gasteiger partial charge in [-0.05, 0) is 55.9 Å². The van der Waals surface area contributed by atoms with Crippen LogP contribution in [0.1, 0.15) is 42.4 Å². The largest absolute Gasteiger partial charge is 0.372 e. The number of hydrogen-bond acceptors (Lipinski definition) is 4. The van der Waals surface area contributed by atoms with Crippen LogP contribution < -0.4 is 10.2 Å². The number of aryl methyl sites for hydroxylation is 1. The molecule has 2 aliphatic heterocycles. The van der Waals surface area contributed by atoms with Crippen LogP contribution in [0.5, 0.6) is 0 Å². The zero-order chi connectivity index (χ0) is 22.6. The van der Waals surface area contributed by atoms with Gasteiger partial charge in [0, 0.05) is 44.3 Å². The fraction of sp³-hybridized carbons (Fsp3) is 0.480. The van der Waals surface area contributed by atoms with Gasteiger partial charge in [-0.25, -0.2) is 12.7 Å². The molecule has 4 rings (SSSR count). The Morgan fingerprint density at radius 3 is 2.12 bits per heavy atom. The first-order valence-corrected chi connectivity index (χ1v) is 13.2.